The third kappa shape index (κ3) is 4.86. The molecule has 1 amide bonds. The number of aliphatic hydroxyl groups is 1. The van der Waals surface area contributed by atoms with Crippen LogP contribution in [0, 0.1) is 0 Å². The Morgan fingerprint density at radius 2 is 1.86 bits per heavy atom. The van der Waals surface area contributed by atoms with Gasteiger partial charge in [-0.05, 0) is 12.1 Å². The van der Waals surface area contributed by atoms with Crippen LogP contribution in [0.3, 0.4) is 0 Å². The fourth-order valence-corrected chi connectivity index (χ4v) is 2.76. The molecule has 1 aromatic heterocycles. The standard InChI is InChI=1S/C14H9NO2S2.CH4O.Y/c16-13-12(19-14(18)15-13)8-10-6-7-11(17-10)9-4-2-1-3-5-9;1-2;/h1-8H,(H,15,16,18);2H,1H3;/b12-8-;;. The maximum Gasteiger partial charge on any atom is 0.263 e. The van der Waals surface area contributed by atoms with Crippen LogP contribution in [-0.4, -0.2) is 22.4 Å². The number of rotatable bonds is 2. The van der Waals surface area contributed by atoms with Crippen LogP contribution in [0.2, 0.25) is 0 Å². The summed E-state index contributed by atoms with van der Waals surface area (Å²) in [5.74, 6) is 1.24. The first-order valence-corrected chi connectivity index (χ1v) is 7.30. The van der Waals surface area contributed by atoms with Gasteiger partial charge in [-0.15, -0.1) is 0 Å². The van der Waals surface area contributed by atoms with Gasteiger partial charge < -0.3 is 14.8 Å². The second kappa shape index (κ2) is 9.37. The molecule has 0 bridgehead atoms. The number of aliphatic hydroxyl groups excluding tert-OH is 1. The Hall–Kier alpha value is -0.786. The molecule has 7 heteroatoms. The number of thioether (sulfide) groups is 1. The zero-order chi connectivity index (χ0) is 15.2. The van der Waals surface area contributed by atoms with Crippen molar-refractivity contribution in [3.8, 4) is 11.3 Å². The molecule has 1 aliphatic rings. The van der Waals surface area contributed by atoms with Gasteiger partial charge in [-0.1, -0.05) is 54.3 Å². The van der Waals surface area contributed by atoms with Gasteiger partial charge in [0.2, 0.25) is 0 Å². The van der Waals surface area contributed by atoms with Crippen LogP contribution >= 0.6 is 24.0 Å². The van der Waals surface area contributed by atoms with Crippen molar-refractivity contribution in [2.45, 2.75) is 0 Å². The molecule has 1 radical (unpaired) electrons. The van der Waals surface area contributed by atoms with E-state index >= 15 is 0 Å². The number of furan rings is 1. The molecule has 3 rings (SSSR count). The molecule has 4 nitrogen and oxygen atoms in total. The predicted molar refractivity (Wildman–Crippen MR) is 88.6 cm³/mol. The topological polar surface area (TPSA) is 62.5 Å². The molecule has 0 spiro atoms. The molecule has 0 aliphatic carbocycles. The van der Waals surface area contributed by atoms with Crippen molar-refractivity contribution < 1.29 is 47.0 Å². The second-order valence-electron chi connectivity index (χ2n) is 3.92. The fourth-order valence-electron chi connectivity index (χ4n) is 1.74. The van der Waals surface area contributed by atoms with Crippen LogP contribution in [-0.2, 0) is 37.5 Å². The van der Waals surface area contributed by atoms with E-state index in [1.165, 1.54) is 11.8 Å². The Kier molecular flexibility index (Phi) is 8.21. The number of nitrogens with one attached hydrogen (secondary N) is 1. The Bertz CT molecular complexity index is 683. The molecule has 1 saturated heterocycles. The molecule has 1 aliphatic heterocycles. The Balaban J connectivity index is 0.000000775. The summed E-state index contributed by atoms with van der Waals surface area (Å²) in [7, 11) is 1.00. The van der Waals surface area contributed by atoms with Crippen molar-refractivity contribution in [3.05, 3.63) is 53.1 Å². The molecular weight excluding hydrogens is 395 g/mol. The Morgan fingerprint density at radius 1 is 1.18 bits per heavy atom. The van der Waals surface area contributed by atoms with Crippen molar-refractivity contribution in [3.63, 3.8) is 0 Å². The van der Waals surface area contributed by atoms with Gasteiger partial charge >= 0.3 is 0 Å². The second-order valence-corrected chi connectivity index (χ2v) is 5.64. The van der Waals surface area contributed by atoms with Crippen molar-refractivity contribution in [1.82, 2.24) is 5.32 Å². The Labute approximate surface area is 163 Å². The van der Waals surface area contributed by atoms with E-state index in [1.807, 2.05) is 42.5 Å². The number of hydrogen-bond acceptors (Lipinski definition) is 5. The largest absolute Gasteiger partial charge is 0.457 e. The molecule has 2 heterocycles. The maximum atomic E-state index is 11.5. The summed E-state index contributed by atoms with van der Waals surface area (Å²) in [6, 6.07) is 13.5. The molecule has 0 unspecified atom stereocenters. The summed E-state index contributed by atoms with van der Waals surface area (Å²) in [6.45, 7) is 0. The SMILES string of the molecule is CO.O=C1NC(=S)S/C1=C\c1ccc(-c2ccccc2)o1.[Y]. The van der Waals surface area contributed by atoms with Crippen LogP contribution in [0.4, 0.5) is 0 Å². The summed E-state index contributed by atoms with van der Waals surface area (Å²) in [5, 5.41) is 9.57. The van der Waals surface area contributed by atoms with Gasteiger partial charge in [0.05, 0.1) is 4.91 Å². The van der Waals surface area contributed by atoms with E-state index in [1.54, 1.807) is 6.08 Å². The quantitative estimate of drug-likeness (QED) is 0.591. The normalized spacial score (nSPS) is 14.9. The molecular formula is C15H13NO3S2Y. The van der Waals surface area contributed by atoms with Crippen molar-refractivity contribution >= 4 is 40.3 Å². The third-order valence-electron chi connectivity index (χ3n) is 2.60. The fraction of sp³-hybridized carbons (Fsp3) is 0.0667. The summed E-state index contributed by atoms with van der Waals surface area (Å²) < 4.78 is 6.18. The molecule has 22 heavy (non-hydrogen) atoms. The molecule has 2 aromatic rings. The molecule has 0 atom stereocenters. The van der Waals surface area contributed by atoms with Crippen LogP contribution in [0.25, 0.3) is 17.4 Å². The van der Waals surface area contributed by atoms with Gasteiger partial charge in [-0.3, -0.25) is 4.79 Å². The van der Waals surface area contributed by atoms with Crippen molar-refractivity contribution in [1.29, 1.82) is 0 Å². The Morgan fingerprint density at radius 3 is 2.45 bits per heavy atom. The smallest absolute Gasteiger partial charge is 0.263 e. The summed E-state index contributed by atoms with van der Waals surface area (Å²) >= 11 is 6.18. The average Bonchev–Trinajstić information content (AvgIpc) is 3.10. The van der Waals surface area contributed by atoms with E-state index in [9.17, 15) is 4.79 Å². The zero-order valence-electron chi connectivity index (χ0n) is 11.8. The van der Waals surface area contributed by atoms with Gasteiger partial charge in [0, 0.05) is 51.5 Å². The van der Waals surface area contributed by atoms with E-state index in [2.05, 4.69) is 5.32 Å². The number of amides is 1. The third-order valence-corrected chi connectivity index (χ3v) is 3.76. The van der Waals surface area contributed by atoms with Crippen LogP contribution in [0.15, 0.2) is 51.8 Å². The molecule has 2 N–H and O–H groups in total. The van der Waals surface area contributed by atoms with Crippen molar-refractivity contribution in [2.75, 3.05) is 7.11 Å². The average molecular weight is 408 g/mol. The van der Waals surface area contributed by atoms with Crippen LogP contribution < -0.4 is 5.32 Å². The van der Waals surface area contributed by atoms with Gasteiger partial charge in [0.15, 0.2) is 0 Å². The van der Waals surface area contributed by atoms with E-state index < -0.39 is 0 Å². The van der Waals surface area contributed by atoms with Gasteiger partial charge in [0.1, 0.15) is 15.8 Å². The molecule has 0 saturated carbocycles. The van der Waals surface area contributed by atoms with Gasteiger partial charge in [-0.2, -0.15) is 0 Å². The number of carbonyl (C=O) groups excluding carboxylic acids is 1. The molecule has 1 fully saturated rings. The number of carbonyl (C=O) groups is 1. The van der Waals surface area contributed by atoms with E-state index in [-0.39, 0.29) is 38.6 Å². The van der Waals surface area contributed by atoms with Crippen molar-refractivity contribution in [2.24, 2.45) is 0 Å². The van der Waals surface area contributed by atoms with E-state index in [0.717, 1.165) is 18.4 Å². The first kappa shape index (κ1) is 19.3. The predicted octanol–water partition coefficient (Wildman–Crippen LogP) is 3.04. The number of hydrogen-bond donors (Lipinski definition) is 2. The minimum atomic E-state index is -0.173. The summed E-state index contributed by atoms with van der Waals surface area (Å²) in [5.41, 5.74) is 1.01. The minimum absolute atomic E-state index is 0. The first-order valence-electron chi connectivity index (χ1n) is 6.07. The zero-order valence-corrected chi connectivity index (χ0v) is 16.2. The number of benzene rings is 1. The molecule has 111 valence electrons. The first-order chi connectivity index (χ1) is 10.2. The monoisotopic (exact) mass is 408 g/mol. The van der Waals surface area contributed by atoms with Crippen LogP contribution in [0.1, 0.15) is 5.76 Å². The summed E-state index contributed by atoms with van der Waals surface area (Å²) in [4.78, 5) is 12.1. The number of thiocarbonyl (C=S) groups is 1. The maximum absolute atomic E-state index is 11.5. The minimum Gasteiger partial charge on any atom is -0.457 e. The van der Waals surface area contributed by atoms with E-state index in [0.29, 0.717) is 15.0 Å². The van der Waals surface area contributed by atoms with Crippen LogP contribution in [0.5, 0.6) is 0 Å². The molecule has 1 aromatic carbocycles. The van der Waals surface area contributed by atoms with Gasteiger partial charge in [0.25, 0.3) is 5.91 Å². The summed E-state index contributed by atoms with van der Waals surface area (Å²) in [6.07, 6.45) is 1.70. The van der Waals surface area contributed by atoms with E-state index in [4.69, 9.17) is 21.7 Å². The van der Waals surface area contributed by atoms with Gasteiger partial charge in [-0.25, -0.2) is 0 Å².